The van der Waals surface area contributed by atoms with Crippen molar-refractivity contribution in [2.45, 2.75) is 18.5 Å². The number of para-hydroxylation sites is 2. The van der Waals surface area contributed by atoms with E-state index in [1.165, 1.54) is 36.4 Å². The lowest BCUT2D eigenvalue weighted by molar-refractivity contribution is -0.138. The van der Waals surface area contributed by atoms with E-state index in [2.05, 4.69) is 0 Å². The maximum Gasteiger partial charge on any atom is 0.420 e. The van der Waals surface area contributed by atoms with Crippen LogP contribution >= 0.6 is 0 Å². The molecule has 10 rings (SSSR count). The van der Waals surface area contributed by atoms with Gasteiger partial charge in [-0.3, -0.25) is 0 Å². The van der Waals surface area contributed by atoms with Crippen LogP contribution < -0.4 is 0 Å². The van der Waals surface area contributed by atoms with Crippen molar-refractivity contribution in [3.63, 3.8) is 0 Å². The summed E-state index contributed by atoms with van der Waals surface area (Å²) in [6, 6.07) is 43.1. The molecule has 3 nitrogen and oxygen atoms in total. The van der Waals surface area contributed by atoms with Crippen LogP contribution in [0.5, 0.6) is 0 Å². The van der Waals surface area contributed by atoms with Gasteiger partial charge in [-0.2, -0.15) is 39.5 Å². The van der Waals surface area contributed by atoms with Crippen LogP contribution in [0, 0.1) is 0 Å². The van der Waals surface area contributed by atoms with Crippen LogP contribution in [0.15, 0.2) is 170 Å². The SMILES string of the molecule is FC(F)(F)c1ccc2c3ccccc3n(-c3cc(-c4cccc(-c5ccccc5-c5ccccc5)n4)cc(-n4c5ccccc5c5ccc(C(F)(F)F)cc54)c3C(F)(F)F)c2c1. The molecule has 0 saturated heterocycles. The first-order chi connectivity index (χ1) is 29.7. The van der Waals surface area contributed by atoms with Gasteiger partial charge in [0.05, 0.1) is 56.0 Å². The number of fused-ring (bicyclic) bond motifs is 6. The molecule has 0 unspecified atom stereocenters. The summed E-state index contributed by atoms with van der Waals surface area (Å²) in [5, 5.41) is 1.30. The van der Waals surface area contributed by atoms with Gasteiger partial charge in [0.25, 0.3) is 0 Å². The average Bonchev–Trinajstić information content (AvgIpc) is 3.77. The van der Waals surface area contributed by atoms with Gasteiger partial charge in [-0.1, -0.05) is 109 Å². The van der Waals surface area contributed by atoms with Crippen molar-refractivity contribution in [3.05, 3.63) is 187 Å². The van der Waals surface area contributed by atoms with Crippen LogP contribution in [0.25, 0.3) is 88.6 Å². The minimum atomic E-state index is -5.22. The Morgan fingerprint density at radius 3 is 1.31 bits per heavy atom. The van der Waals surface area contributed by atoms with Crippen molar-refractivity contribution >= 4 is 43.6 Å². The monoisotopic (exact) mass is 841 g/mol. The zero-order valence-electron chi connectivity index (χ0n) is 31.9. The molecule has 0 atom stereocenters. The molecule has 7 aromatic carbocycles. The van der Waals surface area contributed by atoms with Gasteiger partial charge < -0.3 is 9.13 Å². The highest BCUT2D eigenvalue weighted by Crippen LogP contribution is 2.47. The van der Waals surface area contributed by atoms with Gasteiger partial charge in [0.2, 0.25) is 0 Å². The fraction of sp³-hybridized carbons (Fsp3) is 0.0600. The lowest BCUT2D eigenvalue weighted by atomic mass is 9.96. The highest BCUT2D eigenvalue weighted by atomic mass is 19.4. The lowest BCUT2D eigenvalue weighted by Gasteiger charge is -2.23. The number of halogens is 9. The van der Waals surface area contributed by atoms with Gasteiger partial charge in [-0.15, -0.1) is 0 Å². The van der Waals surface area contributed by atoms with Crippen LogP contribution in [0.4, 0.5) is 39.5 Å². The Bertz CT molecular complexity index is 3220. The Kier molecular flexibility index (Phi) is 8.84. The summed E-state index contributed by atoms with van der Waals surface area (Å²) >= 11 is 0. The molecule has 0 aliphatic heterocycles. The van der Waals surface area contributed by atoms with Crippen molar-refractivity contribution in [1.29, 1.82) is 0 Å². The second-order valence-corrected chi connectivity index (χ2v) is 14.9. The topological polar surface area (TPSA) is 22.8 Å². The molecular weight excluding hydrogens is 814 g/mol. The quantitative estimate of drug-likeness (QED) is 0.158. The molecule has 0 saturated carbocycles. The number of hydrogen-bond acceptors (Lipinski definition) is 1. The van der Waals surface area contributed by atoms with Crippen molar-refractivity contribution in [2.75, 3.05) is 0 Å². The maximum absolute atomic E-state index is 16.3. The number of pyridine rings is 1. The molecule has 0 spiro atoms. The van der Waals surface area contributed by atoms with E-state index in [1.807, 2.05) is 54.6 Å². The molecule has 0 N–H and O–H groups in total. The molecule has 3 heterocycles. The summed E-state index contributed by atoms with van der Waals surface area (Å²) in [7, 11) is 0. The first-order valence-corrected chi connectivity index (χ1v) is 19.3. The fourth-order valence-electron chi connectivity index (χ4n) is 8.54. The van der Waals surface area contributed by atoms with Crippen LogP contribution in [0.2, 0.25) is 0 Å². The van der Waals surface area contributed by atoms with E-state index in [9.17, 15) is 26.3 Å². The molecule has 10 aromatic rings. The summed E-state index contributed by atoms with van der Waals surface area (Å²) in [4.78, 5) is 4.98. The standard InChI is InChI=1S/C50H28F9N3/c51-48(52,53)31-21-23-37-35-15-6-8-19-41(35)61(43(37)27-31)45-25-30(39-17-10-18-40(60-39)34-14-5-4-13-33(34)29-11-2-1-3-12-29)26-46(47(45)50(57,58)59)62-42-20-9-7-16-36(42)38-24-22-32(28-44(38)62)49(54,55)56/h1-28H. The number of alkyl halides is 9. The smallest absolute Gasteiger partial charge is 0.309 e. The molecule has 306 valence electrons. The van der Waals surface area contributed by atoms with Gasteiger partial charge in [0.15, 0.2) is 0 Å². The summed E-state index contributed by atoms with van der Waals surface area (Å²) < 4.78 is 137. The molecular formula is C50H28F9N3. The predicted octanol–water partition coefficient (Wildman–Crippen LogP) is 15.3. The molecule has 0 bridgehead atoms. The Morgan fingerprint density at radius 1 is 0.339 bits per heavy atom. The van der Waals surface area contributed by atoms with Gasteiger partial charge in [-0.25, -0.2) is 4.98 Å². The second kappa shape index (κ2) is 14.1. The minimum absolute atomic E-state index is 0.123. The number of aromatic nitrogens is 3. The molecule has 3 aromatic heterocycles. The Morgan fingerprint density at radius 2 is 0.790 bits per heavy atom. The van der Waals surface area contributed by atoms with Gasteiger partial charge in [-0.05, 0) is 71.8 Å². The Labute approximate surface area is 346 Å². The first-order valence-electron chi connectivity index (χ1n) is 19.3. The third-order valence-corrected chi connectivity index (χ3v) is 11.2. The highest BCUT2D eigenvalue weighted by Gasteiger charge is 2.40. The van der Waals surface area contributed by atoms with Crippen molar-refractivity contribution in [2.24, 2.45) is 0 Å². The summed E-state index contributed by atoms with van der Waals surface area (Å²) in [6.07, 6.45) is -14.9. The number of rotatable bonds is 5. The number of hydrogen-bond donors (Lipinski definition) is 0. The molecule has 0 amide bonds. The number of benzene rings is 7. The van der Waals surface area contributed by atoms with Crippen molar-refractivity contribution in [1.82, 2.24) is 14.1 Å². The van der Waals surface area contributed by atoms with E-state index >= 15 is 13.2 Å². The Hall–Kier alpha value is -7.34. The predicted molar refractivity (Wildman–Crippen MR) is 224 cm³/mol. The van der Waals surface area contributed by atoms with Crippen LogP contribution in [-0.4, -0.2) is 14.1 Å². The highest BCUT2D eigenvalue weighted by molar-refractivity contribution is 6.11. The lowest BCUT2D eigenvalue weighted by Crippen LogP contribution is -2.16. The van der Waals surface area contributed by atoms with Gasteiger partial charge in [0, 0.05) is 32.7 Å². The number of nitrogens with zero attached hydrogens (tertiary/aromatic N) is 3. The maximum atomic E-state index is 16.3. The van der Waals surface area contributed by atoms with E-state index < -0.39 is 46.6 Å². The van der Waals surface area contributed by atoms with E-state index in [4.69, 9.17) is 4.98 Å². The Balaban J connectivity index is 1.35. The van der Waals surface area contributed by atoms with E-state index in [-0.39, 0.29) is 44.1 Å². The zero-order valence-corrected chi connectivity index (χ0v) is 31.9. The third kappa shape index (κ3) is 6.45. The largest absolute Gasteiger partial charge is 0.420 e. The van der Waals surface area contributed by atoms with E-state index in [0.717, 1.165) is 50.1 Å². The molecule has 0 fully saturated rings. The van der Waals surface area contributed by atoms with E-state index in [1.54, 1.807) is 54.6 Å². The summed E-state index contributed by atoms with van der Waals surface area (Å²) in [6.45, 7) is 0. The zero-order chi connectivity index (χ0) is 43.1. The second-order valence-electron chi connectivity index (χ2n) is 14.9. The van der Waals surface area contributed by atoms with Gasteiger partial charge >= 0.3 is 18.5 Å². The first kappa shape index (κ1) is 38.8. The molecule has 0 aliphatic rings. The molecule has 12 heteroatoms. The normalized spacial score (nSPS) is 12.6. The molecule has 62 heavy (non-hydrogen) atoms. The summed E-state index contributed by atoms with van der Waals surface area (Å²) in [5.41, 5.74) is -1.25. The van der Waals surface area contributed by atoms with E-state index in [0.29, 0.717) is 16.5 Å². The van der Waals surface area contributed by atoms with Gasteiger partial charge in [0.1, 0.15) is 5.56 Å². The van der Waals surface area contributed by atoms with Crippen molar-refractivity contribution in [3.8, 4) is 45.0 Å². The average molecular weight is 842 g/mol. The summed E-state index contributed by atoms with van der Waals surface area (Å²) in [5.74, 6) is 0. The fourth-order valence-corrected chi connectivity index (χ4v) is 8.54. The third-order valence-electron chi connectivity index (χ3n) is 11.2. The molecule has 0 aliphatic carbocycles. The van der Waals surface area contributed by atoms with Crippen molar-refractivity contribution < 1.29 is 39.5 Å². The minimum Gasteiger partial charge on any atom is -0.309 e. The molecule has 0 radical (unpaired) electrons. The van der Waals surface area contributed by atoms with Crippen LogP contribution in [0.1, 0.15) is 16.7 Å². The van der Waals surface area contributed by atoms with Crippen LogP contribution in [0.3, 0.4) is 0 Å². The van der Waals surface area contributed by atoms with Crippen LogP contribution in [-0.2, 0) is 18.5 Å².